The fraction of sp³-hybridized carbons (Fsp3) is 0.435. The zero-order valence-electron chi connectivity index (χ0n) is 16.8. The molecule has 0 saturated carbocycles. The second-order valence-corrected chi connectivity index (χ2v) is 7.88. The van der Waals surface area contributed by atoms with Gasteiger partial charge in [-0.1, -0.05) is 37.3 Å². The average Bonchev–Trinajstić information content (AvgIpc) is 2.62. The van der Waals surface area contributed by atoms with Crippen LogP contribution >= 0.6 is 0 Å². The number of rotatable bonds is 5. The minimum Gasteiger partial charge on any atom is -0.487 e. The van der Waals surface area contributed by atoms with Gasteiger partial charge < -0.3 is 14.8 Å². The van der Waals surface area contributed by atoms with Gasteiger partial charge in [0.15, 0.2) is 6.10 Å². The van der Waals surface area contributed by atoms with Gasteiger partial charge in [0.2, 0.25) is 0 Å². The van der Waals surface area contributed by atoms with E-state index in [-0.39, 0.29) is 17.6 Å². The number of hydrogen-bond acceptors (Lipinski definition) is 3. The largest absolute Gasteiger partial charge is 0.487 e. The van der Waals surface area contributed by atoms with E-state index in [1.165, 1.54) is 0 Å². The molecule has 0 unspecified atom stereocenters. The molecule has 1 N–H and O–H groups in total. The average molecular weight is 367 g/mol. The van der Waals surface area contributed by atoms with E-state index in [0.29, 0.717) is 6.42 Å². The molecule has 1 heterocycles. The Hall–Kier alpha value is -2.49. The van der Waals surface area contributed by atoms with Gasteiger partial charge in [0.05, 0.1) is 6.04 Å². The predicted molar refractivity (Wildman–Crippen MR) is 107 cm³/mol. The summed E-state index contributed by atoms with van der Waals surface area (Å²) in [6.45, 7) is 10.1. The van der Waals surface area contributed by atoms with Crippen molar-refractivity contribution >= 4 is 5.91 Å². The molecule has 0 fully saturated rings. The third kappa shape index (κ3) is 4.26. The van der Waals surface area contributed by atoms with Crippen molar-refractivity contribution in [3.63, 3.8) is 0 Å². The lowest BCUT2D eigenvalue weighted by atomic mass is 9.89. The molecule has 1 aliphatic rings. The Labute approximate surface area is 161 Å². The highest BCUT2D eigenvalue weighted by Crippen LogP contribution is 2.39. The first kappa shape index (κ1) is 19.3. The van der Waals surface area contributed by atoms with E-state index in [4.69, 9.17) is 9.47 Å². The van der Waals surface area contributed by atoms with Crippen molar-refractivity contribution in [3.05, 3.63) is 59.2 Å². The first-order valence-corrected chi connectivity index (χ1v) is 9.62. The second kappa shape index (κ2) is 7.63. The van der Waals surface area contributed by atoms with Crippen LogP contribution in [-0.4, -0.2) is 17.6 Å². The summed E-state index contributed by atoms with van der Waals surface area (Å²) in [5.74, 6) is 1.52. The van der Waals surface area contributed by atoms with Crippen molar-refractivity contribution in [2.24, 2.45) is 0 Å². The Bertz CT molecular complexity index is 828. The molecular formula is C23H29NO3. The minimum absolute atomic E-state index is 0.0871. The summed E-state index contributed by atoms with van der Waals surface area (Å²) in [6.07, 6.45) is 0.798. The van der Waals surface area contributed by atoms with Gasteiger partial charge in [-0.25, -0.2) is 0 Å². The van der Waals surface area contributed by atoms with Crippen LogP contribution in [0.15, 0.2) is 42.5 Å². The Morgan fingerprint density at radius 2 is 1.96 bits per heavy atom. The van der Waals surface area contributed by atoms with Crippen molar-refractivity contribution in [2.75, 3.05) is 0 Å². The third-order valence-corrected chi connectivity index (χ3v) is 5.18. The van der Waals surface area contributed by atoms with E-state index in [9.17, 15) is 4.79 Å². The fourth-order valence-electron chi connectivity index (χ4n) is 3.52. The standard InChI is InChI=1S/C23H29NO3/c1-6-19(26-20-13-9-10-15(2)16(20)3)22(25)24-18-14-23(4,5)27-21-12-8-7-11-17(18)21/h7-13,18-19H,6,14H2,1-5H3,(H,24,25)/t18-,19+/m0/s1. The lowest BCUT2D eigenvalue weighted by Crippen LogP contribution is -2.45. The van der Waals surface area contributed by atoms with Crippen LogP contribution in [0, 0.1) is 13.8 Å². The Morgan fingerprint density at radius 3 is 2.70 bits per heavy atom. The van der Waals surface area contributed by atoms with Gasteiger partial charge in [-0.2, -0.15) is 0 Å². The van der Waals surface area contributed by atoms with Crippen molar-refractivity contribution in [2.45, 2.75) is 65.2 Å². The smallest absolute Gasteiger partial charge is 0.261 e. The summed E-state index contributed by atoms with van der Waals surface area (Å²) in [7, 11) is 0. The van der Waals surface area contributed by atoms with Crippen molar-refractivity contribution in [3.8, 4) is 11.5 Å². The highest BCUT2D eigenvalue weighted by molar-refractivity contribution is 5.81. The van der Waals surface area contributed by atoms with E-state index in [1.807, 2.05) is 77.1 Å². The topological polar surface area (TPSA) is 47.6 Å². The Morgan fingerprint density at radius 1 is 1.22 bits per heavy atom. The quantitative estimate of drug-likeness (QED) is 0.819. The number of nitrogens with one attached hydrogen (secondary N) is 1. The van der Waals surface area contributed by atoms with Crippen molar-refractivity contribution in [1.82, 2.24) is 5.32 Å². The number of para-hydroxylation sites is 1. The van der Waals surface area contributed by atoms with E-state index in [0.717, 1.165) is 34.6 Å². The first-order chi connectivity index (χ1) is 12.8. The summed E-state index contributed by atoms with van der Waals surface area (Å²) >= 11 is 0. The highest BCUT2D eigenvalue weighted by atomic mass is 16.5. The van der Waals surface area contributed by atoms with Crippen LogP contribution in [0.1, 0.15) is 56.3 Å². The molecule has 2 aromatic carbocycles. The fourth-order valence-corrected chi connectivity index (χ4v) is 3.52. The molecule has 27 heavy (non-hydrogen) atoms. The van der Waals surface area contributed by atoms with Crippen LogP contribution in [-0.2, 0) is 4.79 Å². The maximum Gasteiger partial charge on any atom is 0.261 e. The van der Waals surface area contributed by atoms with Gasteiger partial charge >= 0.3 is 0 Å². The van der Waals surface area contributed by atoms with Crippen LogP contribution in [0.25, 0.3) is 0 Å². The molecule has 144 valence electrons. The maximum absolute atomic E-state index is 13.0. The Balaban J connectivity index is 1.78. The second-order valence-electron chi connectivity index (χ2n) is 7.88. The molecule has 1 aliphatic heterocycles. The van der Waals surface area contributed by atoms with E-state index >= 15 is 0 Å². The summed E-state index contributed by atoms with van der Waals surface area (Å²) in [6, 6.07) is 13.7. The normalized spacial score (nSPS) is 18.8. The zero-order chi connectivity index (χ0) is 19.6. The molecule has 2 atom stereocenters. The van der Waals surface area contributed by atoms with E-state index in [2.05, 4.69) is 5.32 Å². The molecule has 3 rings (SSSR count). The molecule has 4 heteroatoms. The Kier molecular flexibility index (Phi) is 5.45. The number of amides is 1. The van der Waals surface area contributed by atoms with Gasteiger partial charge in [-0.05, 0) is 57.4 Å². The summed E-state index contributed by atoms with van der Waals surface area (Å²) < 4.78 is 12.1. The lowest BCUT2D eigenvalue weighted by molar-refractivity contribution is -0.129. The van der Waals surface area contributed by atoms with Gasteiger partial charge in [0.25, 0.3) is 5.91 Å². The number of benzene rings is 2. The molecule has 0 bridgehead atoms. The van der Waals surface area contributed by atoms with Crippen LogP contribution in [0.3, 0.4) is 0 Å². The van der Waals surface area contributed by atoms with Crippen molar-refractivity contribution < 1.29 is 14.3 Å². The van der Waals surface area contributed by atoms with Crippen LogP contribution in [0.2, 0.25) is 0 Å². The maximum atomic E-state index is 13.0. The monoisotopic (exact) mass is 367 g/mol. The van der Waals surface area contributed by atoms with Crippen LogP contribution in [0.4, 0.5) is 0 Å². The number of ether oxygens (including phenoxy) is 2. The highest BCUT2D eigenvalue weighted by Gasteiger charge is 2.35. The van der Waals surface area contributed by atoms with Gasteiger partial charge in [0, 0.05) is 12.0 Å². The third-order valence-electron chi connectivity index (χ3n) is 5.18. The van der Waals surface area contributed by atoms with Gasteiger partial charge in [0.1, 0.15) is 17.1 Å². The number of fused-ring (bicyclic) bond motifs is 1. The minimum atomic E-state index is -0.524. The number of hydrogen-bond donors (Lipinski definition) is 1. The number of aryl methyl sites for hydroxylation is 1. The summed E-state index contributed by atoms with van der Waals surface area (Å²) in [5, 5.41) is 3.19. The summed E-state index contributed by atoms with van der Waals surface area (Å²) in [4.78, 5) is 13.0. The predicted octanol–water partition coefficient (Wildman–Crippen LogP) is 4.88. The SMILES string of the molecule is CC[C@@H](Oc1cccc(C)c1C)C(=O)N[C@H]1CC(C)(C)Oc2ccccc21. The van der Waals surface area contributed by atoms with E-state index in [1.54, 1.807) is 0 Å². The molecule has 1 amide bonds. The van der Waals surface area contributed by atoms with Gasteiger partial charge in [-0.3, -0.25) is 4.79 Å². The lowest BCUT2D eigenvalue weighted by Gasteiger charge is -2.38. The van der Waals surface area contributed by atoms with Gasteiger partial charge in [-0.15, -0.1) is 0 Å². The molecular weight excluding hydrogens is 338 g/mol. The number of carbonyl (C=O) groups is 1. The molecule has 0 aromatic heterocycles. The molecule has 0 spiro atoms. The molecule has 0 radical (unpaired) electrons. The van der Waals surface area contributed by atoms with Crippen LogP contribution < -0.4 is 14.8 Å². The van der Waals surface area contributed by atoms with E-state index < -0.39 is 6.10 Å². The molecule has 0 saturated heterocycles. The van der Waals surface area contributed by atoms with Crippen LogP contribution in [0.5, 0.6) is 11.5 Å². The zero-order valence-corrected chi connectivity index (χ0v) is 16.8. The first-order valence-electron chi connectivity index (χ1n) is 9.62. The number of carbonyl (C=O) groups excluding carboxylic acids is 1. The van der Waals surface area contributed by atoms with Crippen molar-refractivity contribution in [1.29, 1.82) is 0 Å². The molecule has 2 aromatic rings. The summed E-state index contributed by atoms with van der Waals surface area (Å²) in [5.41, 5.74) is 2.91. The molecule has 4 nitrogen and oxygen atoms in total. The molecule has 0 aliphatic carbocycles.